The Kier molecular flexibility index (Phi) is 5.23. The van der Waals surface area contributed by atoms with E-state index < -0.39 is 17.5 Å². The number of ketones is 1. The van der Waals surface area contributed by atoms with E-state index in [2.05, 4.69) is 20.9 Å². The molecule has 2 aliphatic rings. The first-order valence-corrected chi connectivity index (χ1v) is 10.3. The zero-order valence-electron chi connectivity index (χ0n) is 17.4. The summed E-state index contributed by atoms with van der Waals surface area (Å²) in [5.41, 5.74) is 6.35. The Labute approximate surface area is 187 Å². The molecule has 0 spiro atoms. The molecule has 0 bridgehead atoms. The van der Waals surface area contributed by atoms with Gasteiger partial charge in [0.15, 0.2) is 11.6 Å². The molecule has 0 aliphatic carbocycles. The molecule has 168 valence electrons. The van der Waals surface area contributed by atoms with Crippen LogP contribution in [0.25, 0.3) is 10.9 Å². The van der Waals surface area contributed by atoms with Crippen molar-refractivity contribution in [1.82, 2.24) is 30.7 Å². The Morgan fingerprint density at radius 3 is 2.42 bits per heavy atom. The third-order valence-electron chi connectivity index (χ3n) is 5.68. The van der Waals surface area contributed by atoms with Gasteiger partial charge in [-0.15, -0.1) is 5.53 Å². The zero-order valence-corrected chi connectivity index (χ0v) is 17.4. The molecule has 0 saturated carbocycles. The number of hydrogen-bond donors (Lipinski definition) is 3. The van der Waals surface area contributed by atoms with Crippen LogP contribution in [0.3, 0.4) is 0 Å². The van der Waals surface area contributed by atoms with E-state index in [9.17, 15) is 18.8 Å². The summed E-state index contributed by atoms with van der Waals surface area (Å²) in [6.45, 7) is 1.05. The average molecular weight is 449 g/mol. The lowest BCUT2D eigenvalue weighted by Gasteiger charge is -2.34. The summed E-state index contributed by atoms with van der Waals surface area (Å²) in [4.78, 5) is 48.5. The number of piperazine rings is 1. The number of fused-ring (bicyclic) bond motifs is 1. The van der Waals surface area contributed by atoms with Crippen LogP contribution in [0, 0.1) is 5.82 Å². The Hall–Kier alpha value is -4.25. The number of rotatable bonds is 4. The van der Waals surface area contributed by atoms with Crippen LogP contribution >= 0.6 is 0 Å². The predicted molar refractivity (Wildman–Crippen MR) is 117 cm³/mol. The van der Waals surface area contributed by atoms with Crippen molar-refractivity contribution in [3.05, 3.63) is 72.1 Å². The first-order chi connectivity index (χ1) is 16.0. The second-order valence-corrected chi connectivity index (χ2v) is 7.60. The SMILES string of the molecule is O=C(C(=O)N1CCN(C(=O)c2ccccc2)CC1)c1c[nH]c2c(N3C=CNN3)ncc(F)c12. The van der Waals surface area contributed by atoms with Gasteiger partial charge in [-0.05, 0) is 12.1 Å². The van der Waals surface area contributed by atoms with E-state index in [1.165, 1.54) is 16.1 Å². The van der Waals surface area contributed by atoms with Gasteiger partial charge in [-0.2, -0.15) is 0 Å². The number of aromatic amines is 1. The van der Waals surface area contributed by atoms with Gasteiger partial charge in [0.05, 0.1) is 22.7 Å². The van der Waals surface area contributed by atoms with E-state index in [1.807, 2.05) is 6.07 Å². The quantitative estimate of drug-likeness (QED) is 0.405. The highest BCUT2D eigenvalue weighted by molar-refractivity contribution is 6.45. The van der Waals surface area contributed by atoms with Gasteiger partial charge in [-0.1, -0.05) is 18.2 Å². The van der Waals surface area contributed by atoms with E-state index in [4.69, 9.17) is 0 Å². The number of H-pyrrole nitrogens is 1. The molecular formula is C22H20FN7O3. The molecule has 1 aromatic carbocycles. The number of pyridine rings is 1. The molecule has 1 saturated heterocycles. The molecule has 3 aromatic rings. The standard InChI is InChI=1S/C22H20FN7O3/c23-16-13-25-20(30-7-6-26-27-30)18-17(16)15(12-24-18)19(31)22(33)29-10-8-28(9-11-29)21(32)14-4-2-1-3-5-14/h1-7,12-13,24,26-27H,8-11H2. The number of halogens is 1. The van der Waals surface area contributed by atoms with Crippen molar-refractivity contribution in [1.29, 1.82) is 0 Å². The zero-order chi connectivity index (χ0) is 22.9. The number of benzene rings is 1. The van der Waals surface area contributed by atoms with E-state index >= 15 is 0 Å². The molecule has 1 fully saturated rings. The molecule has 0 unspecified atom stereocenters. The van der Waals surface area contributed by atoms with E-state index in [-0.39, 0.29) is 35.5 Å². The van der Waals surface area contributed by atoms with Crippen LogP contribution in [0.4, 0.5) is 10.2 Å². The van der Waals surface area contributed by atoms with Crippen LogP contribution in [-0.2, 0) is 4.79 Å². The molecule has 4 heterocycles. The summed E-state index contributed by atoms with van der Waals surface area (Å²) in [5.74, 6) is -2.04. The van der Waals surface area contributed by atoms with Gasteiger partial charge in [0.1, 0.15) is 0 Å². The molecule has 11 heteroatoms. The van der Waals surface area contributed by atoms with Crippen molar-refractivity contribution in [3.63, 3.8) is 0 Å². The minimum atomic E-state index is -0.816. The number of nitrogens with one attached hydrogen (secondary N) is 3. The molecule has 2 amide bonds. The number of Topliss-reactive ketones (excluding diaryl/α,β-unsaturated/α-hetero) is 1. The van der Waals surface area contributed by atoms with Gasteiger partial charge < -0.3 is 20.2 Å². The summed E-state index contributed by atoms with van der Waals surface area (Å²) in [6.07, 6.45) is 5.59. The first-order valence-electron chi connectivity index (χ1n) is 10.3. The van der Waals surface area contributed by atoms with Gasteiger partial charge in [0.25, 0.3) is 17.6 Å². The summed E-state index contributed by atoms with van der Waals surface area (Å²) < 4.78 is 14.6. The number of aromatic nitrogens is 2. The molecule has 2 aliphatic heterocycles. The van der Waals surface area contributed by atoms with Crippen LogP contribution < -0.4 is 16.0 Å². The fraction of sp³-hybridized carbons (Fsp3) is 0.182. The number of hydrogen-bond acceptors (Lipinski definition) is 7. The summed E-state index contributed by atoms with van der Waals surface area (Å²) in [6, 6.07) is 8.89. The monoisotopic (exact) mass is 449 g/mol. The molecule has 0 atom stereocenters. The average Bonchev–Trinajstić information content (AvgIpc) is 3.55. The van der Waals surface area contributed by atoms with E-state index in [0.29, 0.717) is 24.5 Å². The minimum Gasteiger partial charge on any atom is -0.357 e. The number of amides is 2. The van der Waals surface area contributed by atoms with Gasteiger partial charge in [0.2, 0.25) is 0 Å². The first kappa shape index (κ1) is 20.6. The molecule has 0 radical (unpaired) electrons. The van der Waals surface area contributed by atoms with Crippen LogP contribution in [0.5, 0.6) is 0 Å². The highest BCUT2D eigenvalue weighted by Gasteiger charge is 2.31. The van der Waals surface area contributed by atoms with Crippen LogP contribution in [0.2, 0.25) is 0 Å². The Morgan fingerprint density at radius 2 is 1.73 bits per heavy atom. The topological polar surface area (TPSA) is 114 Å². The van der Waals surface area contributed by atoms with Crippen LogP contribution in [0.1, 0.15) is 20.7 Å². The highest BCUT2D eigenvalue weighted by atomic mass is 19.1. The van der Waals surface area contributed by atoms with Gasteiger partial charge in [0, 0.05) is 50.3 Å². The van der Waals surface area contributed by atoms with Gasteiger partial charge in [-0.25, -0.2) is 14.4 Å². The van der Waals surface area contributed by atoms with Crippen LogP contribution in [-0.4, -0.2) is 63.5 Å². The second kappa shape index (κ2) is 8.36. The summed E-state index contributed by atoms with van der Waals surface area (Å²) in [5, 5.41) is 1.51. The van der Waals surface area contributed by atoms with Crippen molar-refractivity contribution >= 4 is 34.3 Å². The fourth-order valence-electron chi connectivity index (χ4n) is 3.97. The molecule has 3 N–H and O–H groups in total. The van der Waals surface area contributed by atoms with Crippen molar-refractivity contribution in [2.45, 2.75) is 0 Å². The van der Waals surface area contributed by atoms with Crippen LogP contribution in [0.15, 0.2) is 55.1 Å². The smallest absolute Gasteiger partial charge is 0.295 e. The Morgan fingerprint density at radius 1 is 1.00 bits per heavy atom. The third-order valence-corrected chi connectivity index (χ3v) is 5.68. The lowest BCUT2D eigenvalue weighted by Crippen LogP contribution is -2.52. The third kappa shape index (κ3) is 3.68. The maximum Gasteiger partial charge on any atom is 0.295 e. The maximum absolute atomic E-state index is 14.6. The number of nitrogens with zero attached hydrogens (tertiary/aromatic N) is 4. The second-order valence-electron chi connectivity index (χ2n) is 7.60. The number of anilines is 1. The number of hydrazine groups is 2. The molecule has 33 heavy (non-hydrogen) atoms. The molecule has 2 aromatic heterocycles. The molecule has 5 rings (SSSR count). The molecule has 10 nitrogen and oxygen atoms in total. The largest absolute Gasteiger partial charge is 0.357 e. The van der Waals surface area contributed by atoms with E-state index in [0.717, 1.165) is 6.20 Å². The van der Waals surface area contributed by atoms with Crippen molar-refractivity contribution < 1.29 is 18.8 Å². The van der Waals surface area contributed by atoms with Crippen molar-refractivity contribution in [3.8, 4) is 0 Å². The summed E-state index contributed by atoms with van der Waals surface area (Å²) >= 11 is 0. The van der Waals surface area contributed by atoms with E-state index in [1.54, 1.807) is 41.6 Å². The number of carbonyl (C=O) groups excluding carboxylic acids is 3. The normalized spacial score (nSPS) is 15.7. The van der Waals surface area contributed by atoms with Crippen molar-refractivity contribution in [2.75, 3.05) is 31.2 Å². The Balaban J connectivity index is 1.32. The van der Waals surface area contributed by atoms with Gasteiger partial charge in [-0.3, -0.25) is 14.4 Å². The maximum atomic E-state index is 14.6. The van der Waals surface area contributed by atoms with Gasteiger partial charge >= 0.3 is 0 Å². The highest BCUT2D eigenvalue weighted by Crippen LogP contribution is 2.29. The number of carbonyl (C=O) groups is 3. The fourth-order valence-corrected chi connectivity index (χ4v) is 3.97. The summed E-state index contributed by atoms with van der Waals surface area (Å²) in [7, 11) is 0. The Bertz CT molecular complexity index is 1270. The van der Waals surface area contributed by atoms with Crippen molar-refractivity contribution in [2.24, 2.45) is 0 Å². The molecular weight excluding hydrogens is 429 g/mol. The lowest BCUT2D eigenvalue weighted by molar-refractivity contribution is -0.127. The minimum absolute atomic E-state index is 0.00154. The lowest BCUT2D eigenvalue weighted by atomic mass is 10.1. The predicted octanol–water partition coefficient (Wildman–Crippen LogP) is 1.17.